The van der Waals surface area contributed by atoms with Crippen molar-refractivity contribution in [2.24, 2.45) is 0 Å². The van der Waals surface area contributed by atoms with Gasteiger partial charge in [0.2, 0.25) is 5.95 Å². The zero-order chi connectivity index (χ0) is 23.8. The molecule has 0 aliphatic carbocycles. The largest absolute Gasteiger partial charge is 0.494 e. The summed E-state index contributed by atoms with van der Waals surface area (Å²) in [6.07, 6.45) is -0.880. The Morgan fingerprint density at radius 2 is 1.64 bits per heavy atom. The first-order valence-corrected chi connectivity index (χ1v) is 10.2. The van der Waals surface area contributed by atoms with Crippen LogP contribution in [0.2, 0.25) is 0 Å². The number of ether oxygens (including phenoxy) is 1. The molecule has 0 unspecified atom stereocenters. The molecule has 174 valence electrons. The summed E-state index contributed by atoms with van der Waals surface area (Å²) in [5.74, 6) is 0.152. The van der Waals surface area contributed by atoms with Crippen LogP contribution in [0.4, 0.5) is 42.0 Å². The molecule has 11 heteroatoms. The van der Waals surface area contributed by atoms with Crippen molar-refractivity contribution >= 4 is 28.8 Å². The first kappa shape index (κ1) is 23.8. The Labute approximate surface area is 188 Å². The van der Waals surface area contributed by atoms with Crippen LogP contribution in [0.25, 0.3) is 0 Å². The average Bonchev–Trinajstić information content (AvgIpc) is 2.77. The molecule has 1 heterocycles. The van der Waals surface area contributed by atoms with E-state index in [1.807, 2.05) is 0 Å². The smallest absolute Gasteiger partial charge is 0.421 e. The van der Waals surface area contributed by atoms with Gasteiger partial charge < -0.3 is 15.4 Å². The van der Waals surface area contributed by atoms with Crippen LogP contribution in [0.5, 0.6) is 5.75 Å². The highest BCUT2D eigenvalue weighted by molar-refractivity contribution is 5.64. The van der Waals surface area contributed by atoms with Gasteiger partial charge in [-0.25, -0.2) is 4.98 Å². The molecule has 0 fully saturated rings. The molecule has 8 nitrogen and oxygen atoms in total. The van der Waals surface area contributed by atoms with Crippen LogP contribution in [0.3, 0.4) is 0 Å². The van der Waals surface area contributed by atoms with E-state index in [0.29, 0.717) is 24.2 Å². The molecule has 1 aromatic heterocycles. The van der Waals surface area contributed by atoms with Gasteiger partial charge in [-0.3, -0.25) is 10.1 Å². The number of unbranched alkanes of at least 4 members (excludes halogenated alkanes) is 2. The standard InChI is InChI=1S/C22H22F3N5O3/c1-2-3-4-13-33-18-11-7-16(8-12-18)28-21-26-14-19(22(23,24)25)20(29-21)27-15-5-9-17(10-6-15)30(31)32/h5-12,14H,2-4,13H2,1H3,(H2,26,27,28,29). The van der Waals surface area contributed by atoms with E-state index in [9.17, 15) is 23.3 Å². The first-order chi connectivity index (χ1) is 15.8. The number of nitro groups is 1. The van der Waals surface area contributed by atoms with Crippen molar-refractivity contribution in [3.8, 4) is 5.75 Å². The summed E-state index contributed by atoms with van der Waals surface area (Å²) in [6, 6.07) is 11.9. The predicted molar refractivity (Wildman–Crippen MR) is 118 cm³/mol. The fraction of sp³-hybridized carbons (Fsp3) is 0.273. The quantitative estimate of drug-likeness (QED) is 0.203. The minimum absolute atomic E-state index is 0.0518. The number of nitrogens with one attached hydrogen (secondary N) is 2. The molecule has 0 atom stereocenters. The van der Waals surface area contributed by atoms with Crippen LogP contribution in [0.15, 0.2) is 54.7 Å². The third-order valence-electron chi connectivity index (χ3n) is 4.56. The van der Waals surface area contributed by atoms with Crippen LogP contribution in [0, 0.1) is 10.1 Å². The topological polar surface area (TPSA) is 102 Å². The number of anilines is 4. The van der Waals surface area contributed by atoms with Gasteiger partial charge >= 0.3 is 6.18 Å². The lowest BCUT2D eigenvalue weighted by Crippen LogP contribution is -2.12. The maximum Gasteiger partial charge on any atom is 0.421 e. The Balaban J connectivity index is 1.76. The molecule has 0 aliphatic rings. The van der Waals surface area contributed by atoms with Gasteiger partial charge in [-0.05, 0) is 42.8 Å². The molecule has 3 aromatic rings. The van der Waals surface area contributed by atoms with Gasteiger partial charge in [-0.2, -0.15) is 18.2 Å². The van der Waals surface area contributed by atoms with Gasteiger partial charge in [-0.1, -0.05) is 19.8 Å². The molecule has 33 heavy (non-hydrogen) atoms. The number of rotatable bonds is 10. The van der Waals surface area contributed by atoms with Crippen molar-refractivity contribution in [3.63, 3.8) is 0 Å². The van der Waals surface area contributed by atoms with E-state index in [0.717, 1.165) is 19.3 Å². The zero-order valence-corrected chi connectivity index (χ0v) is 17.7. The lowest BCUT2D eigenvalue weighted by molar-refractivity contribution is -0.384. The SMILES string of the molecule is CCCCCOc1ccc(Nc2ncc(C(F)(F)F)c(Nc3ccc([N+](=O)[O-])cc3)n2)cc1. The molecule has 0 saturated carbocycles. The highest BCUT2D eigenvalue weighted by atomic mass is 19.4. The van der Waals surface area contributed by atoms with E-state index in [-0.39, 0.29) is 17.3 Å². The van der Waals surface area contributed by atoms with Gasteiger partial charge in [0.25, 0.3) is 5.69 Å². The lowest BCUT2D eigenvalue weighted by Gasteiger charge is -2.15. The van der Waals surface area contributed by atoms with E-state index < -0.39 is 22.5 Å². The van der Waals surface area contributed by atoms with E-state index in [1.54, 1.807) is 24.3 Å². The summed E-state index contributed by atoms with van der Waals surface area (Å²) < 4.78 is 45.9. The first-order valence-electron chi connectivity index (χ1n) is 10.2. The van der Waals surface area contributed by atoms with Gasteiger partial charge in [-0.15, -0.1) is 0 Å². The van der Waals surface area contributed by atoms with E-state index in [2.05, 4.69) is 27.5 Å². The van der Waals surface area contributed by atoms with Crippen molar-refractivity contribution in [2.75, 3.05) is 17.2 Å². The van der Waals surface area contributed by atoms with Gasteiger partial charge in [0.05, 0.1) is 11.5 Å². The van der Waals surface area contributed by atoms with E-state index in [4.69, 9.17) is 4.74 Å². The van der Waals surface area contributed by atoms with Crippen molar-refractivity contribution in [1.82, 2.24) is 9.97 Å². The Hall–Kier alpha value is -3.89. The molecule has 0 saturated heterocycles. The Morgan fingerprint density at radius 3 is 2.24 bits per heavy atom. The lowest BCUT2D eigenvalue weighted by atomic mass is 10.2. The summed E-state index contributed by atoms with van der Waals surface area (Å²) in [5.41, 5.74) is -0.473. The van der Waals surface area contributed by atoms with Gasteiger partial charge in [0, 0.05) is 29.7 Å². The van der Waals surface area contributed by atoms with Crippen LogP contribution in [-0.2, 0) is 6.18 Å². The van der Waals surface area contributed by atoms with E-state index >= 15 is 0 Å². The number of nitrogens with zero attached hydrogens (tertiary/aromatic N) is 3. The van der Waals surface area contributed by atoms with Gasteiger partial charge in [0.1, 0.15) is 17.1 Å². The van der Waals surface area contributed by atoms with Crippen molar-refractivity contribution in [3.05, 3.63) is 70.4 Å². The zero-order valence-electron chi connectivity index (χ0n) is 17.7. The summed E-state index contributed by atoms with van der Waals surface area (Å²) in [6.45, 7) is 2.72. The molecule has 2 aromatic carbocycles. The molecular formula is C22H22F3N5O3. The van der Waals surface area contributed by atoms with Crippen molar-refractivity contribution in [1.29, 1.82) is 0 Å². The molecule has 0 aliphatic heterocycles. The fourth-order valence-electron chi connectivity index (χ4n) is 2.85. The number of alkyl halides is 3. The minimum Gasteiger partial charge on any atom is -0.494 e. The average molecular weight is 461 g/mol. The number of non-ortho nitro benzene ring substituents is 1. The Bertz CT molecular complexity index is 1070. The number of benzene rings is 2. The normalized spacial score (nSPS) is 11.2. The summed E-state index contributed by atoms with van der Waals surface area (Å²) in [5, 5.41) is 16.2. The van der Waals surface area contributed by atoms with Crippen molar-refractivity contribution in [2.45, 2.75) is 32.4 Å². The summed E-state index contributed by atoms with van der Waals surface area (Å²) in [7, 11) is 0. The molecule has 0 radical (unpaired) electrons. The van der Waals surface area contributed by atoms with Gasteiger partial charge in [0.15, 0.2) is 0 Å². The highest BCUT2D eigenvalue weighted by Gasteiger charge is 2.35. The molecule has 2 N–H and O–H groups in total. The molecule has 0 amide bonds. The monoisotopic (exact) mass is 461 g/mol. The molecule has 0 spiro atoms. The van der Waals surface area contributed by atoms with E-state index in [1.165, 1.54) is 24.3 Å². The van der Waals surface area contributed by atoms with Crippen molar-refractivity contribution < 1.29 is 22.8 Å². The third kappa shape index (κ3) is 6.79. The van der Waals surface area contributed by atoms with Crippen LogP contribution < -0.4 is 15.4 Å². The third-order valence-corrected chi connectivity index (χ3v) is 4.56. The molecule has 3 rings (SSSR count). The maximum absolute atomic E-state index is 13.4. The Morgan fingerprint density at radius 1 is 1.00 bits per heavy atom. The summed E-state index contributed by atoms with van der Waals surface area (Å²) in [4.78, 5) is 17.9. The highest BCUT2D eigenvalue weighted by Crippen LogP contribution is 2.35. The Kier molecular flexibility index (Phi) is 7.65. The second kappa shape index (κ2) is 10.6. The number of aromatic nitrogens is 2. The maximum atomic E-state index is 13.4. The van der Waals surface area contributed by atoms with Crippen LogP contribution in [-0.4, -0.2) is 21.5 Å². The number of hydrogen-bond donors (Lipinski definition) is 2. The minimum atomic E-state index is -4.70. The number of hydrogen-bond acceptors (Lipinski definition) is 7. The number of nitro benzene ring substituents is 1. The fourth-order valence-corrected chi connectivity index (χ4v) is 2.85. The molecule has 0 bridgehead atoms. The van der Waals surface area contributed by atoms with Crippen LogP contribution in [0.1, 0.15) is 31.7 Å². The molecular weight excluding hydrogens is 439 g/mol. The van der Waals surface area contributed by atoms with Crippen LogP contribution >= 0.6 is 0 Å². The number of halogens is 3. The summed E-state index contributed by atoms with van der Waals surface area (Å²) >= 11 is 0. The second-order valence-corrected chi connectivity index (χ2v) is 7.09. The second-order valence-electron chi connectivity index (χ2n) is 7.09. The predicted octanol–water partition coefficient (Wildman–Crippen LogP) is 6.46.